The summed E-state index contributed by atoms with van der Waals surface area (Å²) in [7, 11) is -3.10. The third kappa shape index (κ3) is 2.88. The number of aliphatic hydroxyl groups is 1. The number of aliphatic hydroxyl groups excluding tert-OH is 1. The lowest BCUT2D eigenvalue weighted by molar-refractivity contribution is -0.390. The molecule has 1 aromatic rings. The Balaban J connectivity index is 3.46. The Morgan fingerprint density at radius 3 is 2.58 bits per heavy atom. The van der Waals surface area contributed by atoms with Gasteiger partial charge < -0.3 is 5.11 Å². The maximum Gasteiger partial charge on any atom is 0.324 e. The second-order valence-electron chi connectivity index (χ2n) is 3.90. The molecular formula is C10H13FN2O5S. The number of hydrogen-bond acceptors (Lipinski definition) is 5. The molecule has 0 saturated heterocycles. The molecule has 1 aromatic carbocycles. The zero-order valence-electron chi connectivity index (χ0n) is 10.3. The van der Waals surface area contributed by atoms with Gasteiger partial charge in [0.1, 0.15) is 0 Å². The molecule has 1 atom stereocenters. The molecule has 1 rings (SSSR count). The van der Waals surface area contributed by atoms with Crippen molar-refractivity contribution in [3.8, 4) is 0 Å². The highest BCUT2D eigenvalue weighted by atomic mass is 32.2. The maximum atomic E-state index is 13.4. The van der Waals surface area contributed by atoms with Crippen LogP contribution in [0.3, 0.4) is 0 Å². The van der Waals surface area contributed by atoms with Crippen molar-refractivity contribution in [3.05, 3.63) is 34.1 Å². The van der Waals surface area contributed by atoms with E-state index in [0.717, 1.165) is 29.6 Å². The van der Waals surface area contributed by atoms with E-state index in [1.54, 1.807) is 0 Å². The number of benzene rings is 1. The second kappa shape index (κ2) is 5.59. The number of likely N-dealkylation sites (N-methyl/N-ethyl adjacent to an activating group) is 1. The second-order valence-corrected chi connectivity index (χ2v) is 5.86. The average Bonchev–Trinajstić information content (AvgIpc) is 2.35. The van der Waals surface area contributed by atoms with Crippen LogP contribution in [-0.4, -0.2) is 42.4 Å². The number of sulfonamides is 1. The van der Waals surface area contributed by atoms with Crippen molar-refractivity contribution >= 4 is 15.7 Å². The molecule has 0 radical (unpaired) electrons. The van der Waals surface area contributed by atoms with Crippen LogP contribution >= 0.6 is 0 Å². The van der Waals surface area contributed by atoms with Gasteiger partial charge in [-0.2, -0.15) is 8.70 Å². The van der Waals surface area contributed by atoms with Crippen LogP contribution in [0.25, 0.3) is 0 Å². The molecule has 0 fully saturated rings. The molecule has 0 aliphatic rings. The molecule has 0 heterocycles. The number of hydrogen-bond donors (Lipinski definition) is 1. The summed E-state index contributed by atoms with van der Waals surface area (Å²) in [6, 6.07) is 2.06. The van der Waals surface area contributed by atoms with Gasteiger partial charge in [0.25, 0.3) is 0 Å². The van der Waals surface area contributed by atoms with Gasteiger partial charge in [-0.05, 0) is 19.1 Å². The van der Waals surface area contributed by atoms with Crippen molar-refractivity contribution < 1.29 is 22.8 Å². The van der Waals surface area contributed by atoms with Gasteiger partial charge in [0.15, 0.2) is 4.90 Å². The van der Waals surface area contributed by atoms with Gasteiger partial charge >= 0.3 is 5.69 Å². The molecule has 0 aliphatic heterocycles. The summed E-state index contributed by atoms with van der Waals surface area (Å²) in [4.78, 5) is 8.96. The predicted octanol–water partition coefficient (Wildman–Crippen LogP) is 0.735. The Bertz CT molecular complexity index is 590. The highest BCUT2D eigenvalue weighted by molar-refractivity contribution is 7.89. The zero-order chi connectivity index (χ0) is 14.8. The summed E-state index contributed by atoms with van der Waals surface area (Å²) in [6.45, 7) is 0.960. The number of nitro groups is 1. The quantitative estimate of drug-likeness (QED) is 0.637. The molecule has 0 aromatic heterocycles. The first kappa shape index (κ1) is 15.5. The minimum atomic E-state index is -4.26. The maximum absolute atomic E-state index is 13.4. The van der Waals surface area contributed by atoms with Crippen molar-refractivity contribution in [1.29, 1.82) is 0 Å². The van der Waals surface area contributed by atoms with E-state index >= 15 is 0 Å². The van der Waals surface area contributed by atoms with Crippen molar-refractivity contribution in [2.45, 2.75) is 17.9 Å². The SMILES string of the molecule is CC(CO)N(C)S(=O)(=O)c1cccc(F)c1[N+](=O)[O-]. The van der Waals surface area contributed by atoms with Crippen molar-refractivity contribution in [2.75, 3.05) is 13.7 Å². The Morgan fingerprint density at radius 1 is 1.53 bits per heavy atom. The van der Waals surface area contributed by atoms with Gasteiger partial charge in [-0.25, -0.2) is 8.42 Å². The fourth-order valence-corrected chi connectivity index (χ4v) is 2.91. The van der Waals surface area contributed by atoms with Gasteiger partial charge in [-0.3, -0.25) is 10.1 Å². The van der Waals surface area contributed by atoms with Crippen LogP contribution in [0.4, 0.5) is 10.1 Å². The standard InChI is InChI=1S/C10H13FN2O5S/c1-7(6-14)12(2)19(17,18)9-5-3-4-8(11)10(9)13(15)16/h3-5,7,14H,6H2,1-2H3. The molecule has 0 aliphatic carbocycles. The van der Waals surface area contributed by atoms with Crippen LogP contribution in [-0.2, 0) is 10.0 Å². The molecule has 0 bridgehead atoms. The minimum absolute atomic E-state index is 0.459. The summed E-state index contributed by atoms with van der Waals surface area (Å²) in [5.41, 5.74) is -1.10. The highest BCUT2D eigenvalue weighted by Crippen LogP contribution is 2.29. The minimum Gasteiger partial charge on any atom is -0.395 e. The Labute approximate surface area is 109 Å². The van der Waals surface area contributed by atoms with Gasteiger partial charge in [0, 0.05) is 13.1 Å². The number of rotatable bonds is 5. The average molecular weight is 292 g/mol. The lowest BCUT2D eigenvalue weighted by Crippen LogP contribution is -2.37. The van der Waals surface area contributed by atoms with Crippen LogP contribution in [0.2, 0.25) is 0 Å². The summed E-state index contributed by atoms with van der Waals surface area (Å²) in [5, 5.41) is 19.7. The fraction of sp³-hybridized carbons (Fsp3) is 0.400. The topological polar surface area (TPSA) is 101 Å². The van der Waals surface area contributed by atoms with E-state index in [1.165, 1.54) is 6.92 Å². The third-order valence-corrected chi connectivity index (χ3v) is 4.68. The van der Waals surface area contributed by atoms with Crippen molar-refractivity contribution in [1.82, 2.24) is 4.31 Å². The molecule has 7 nitrogen and oxygen atoms in total. The number of para-hydroxylation sites is 1. The van der Waals surface area contributed by atoms with E-state index < -0.39 is 44.0 Å². The fourth-order valence-electron chi connectivity index (χ4n) is 1.39. The molecular weight excluding hydrogens is 279 g/mol. The molecule has 9 heteroatoms. The Morgan fingerprint density at radius 2 is 2.11 bits per heavy atom. The summed E-state index contributed by atoms with van der Waals surface area (Å²) >= 11 is 0. The van der Waals surface area contributed by atoms with Crippen LogP contribution < -0.4 is 0 Å². The first-order valence-corrected chi connectivity index (χ1v) is 6.69. The number of halogens is 1. The number of nitro benzene ring substituents is 1. The molecule has 106 valence electrons. The van der Waals surface area contributed by atoms with Crippen LogP contribution in [0.5, 0.6) is 0 Å². The first-order valence-electron chi connectivity index (χ1n) is 5.25. The Hall–Kier alpha value is -1.58. The summed E-state index contributed by atoms with van der Waals surface area (Å²) in [6.07, 6.45) is 0. The predicted molar refractivity (Wildman–Crippen MR) is 64.6 cm³/mol. The van der Waals surface area contributed by atoms with E-state index in [1.807, 2.05) is 0 Å². The molecule has 0 spiro atoms. The molecule has 1 unspecified atom stereocenters. The van der Waals surface area contributed by atoms with Crippen LogP contribution in [0.1, 0.15) is 6.92 Å². The lowest BCUT2D eigenvalue weighted by Gasteiger charge is -2.22. The van der Waals surface area contributed by atoms with Crippen LogP contribution in [0, 0.1) is 15.9 Å². The molecule has 1 N–H and O–H groups in total. The van der Waals surface area contributed by atoms with Crippen LogP contribution in [0.15, 0.2) is 23.1 Å². The molecule has 0 saturated carbocycles. The van der Waals surface area contributed by atoms with Crippen molar-refractivity contribution in [3.63, 3.8) is 0 Å². The van der Waals surface area contributed by atoms with Gasteiger partial charge in [-0.1, -0.05) is 6.07 Å². The normalized spacial score (nSPS) is 13.5. The van der Waals surface area contributed by atoms with Gasteiger partial charge in [0.05, 0.1) is 11.5 Å². The lowest BCUT2D eigenvalue weighted by atomic mass is 10.3. The number of nitrogens with zero attached hydrogens (tertiary/aromatic N) is 2. The third-order valence-electron chi connectivity index (χ3n) is 2.67. The van der Waals surface area contributed by atoms with Gasteiger partial charge in [0.2, 0.25) is 15.8 Å². The highest BCUT2D eigenvalue weighted by Gasteiger charge is 2.34. The van der Waals surface area contributed by atoms with Crippen molar-refractivity contribution in [2.24, 2.45) is 0 Å². The zero-order valence-corrected chi connectivity index (χ0v) is 11.1. The van der Waals surface area contributed by atoms with E-state index in [9.17, 15) is 22.9 Å². The van der Waals surface area contributed by atoms with E-state index in [2.05, 4.69) is 0 Å². The largest absolute Gasteiger partial charge is 0.395 e. The molecule has 0 amide bonds. The smallest absolute Gasteiger partial charge is 0.324 e. The summed E-state index contributed by atoms with van der Waals surface area (Å²) < 4.78 is 38.5. The summed E-state index contributed by atoms with van der Waals surface area (Å²) in [5.74, 6) is -1.23. The Kier molecular flexibility index (Phi) is 4.56. The van der Waals surface area contributed by atoms with Gasteiger partial charge in [-0.15, -0.1) is 0 Å². The van der Waals surface area contributed by atoms with E-state index in [4.69, 9.17) is 5.11 Å². The molecule has 19 heavy (non-hydrogen) atoms. The first-order chi connectivity index (χ1) is 8.73. The monoisotopic (exact) mass is 292 g/mol. The van der Waals surface area contributed by atoms with E-state index in [0.29, 0.717) is 0 Å². The van der Waals surface area contributed by atoms with E-state index in [-0.39, 0.29) is 0 Å².